The van der Waals surface area contributed by atoms with Crippen LogP contribution in [0, 0.1) is 5.92 Å². The first-order valence-corrected chi connectivity index (χ1v) is 7.86. The fraction of sp³-hybridized carbons (Fsp3) is 0.769. The SMILES string of the molecule is CC(C)(O)[P+](=O)C/C(=C\C1CCCCC1)C(=O)O. The Kier molecular flexibility index (Phi) is 5.48. The second-order valence-corrected chi connectivity index (χ2v) is 7.59. The molecular formula is C13H22O4P+. The van der Waals surface area contributed by atoms with Crippen molar-refractivity contribution in [1.82, 2.24) is 0 Å². The molecule has 1 saturated carbocycles. The van der Waals surface area contributed by atoms with Gasteiger partial charge in [0.2, 0.25) is 0 Å². The van der Waals surface area contributed by atoms with E-state index < -0.39 is 19.1 Å². The zero-order valence-electron chi connectivity index (χ0n) is 11.1. The van der Waals surface area contributed by atoms with Gasteiger partial charge in [-0.15, -0.1) is 0 Å². The summed E-state index contributed by atoms with van der Waals surface area (Å²) in [5.74, 6) is -0.733. The lowest BCUT2D eigenvalue weighted by Crippen LogP contribution is -2.17. The predicted octanol–water partition coefficient (Wildman–Crippen LogP) is 3.13. The van der Waals surface area contributed by atoms with Crippen LogP contribution in [0.25, 0.3) is 0 Å². The first-order valence-electron chi connectivity index (χ1n) is 6.42. The molecule has 1 aliphatic carbocycles. The van der Waals surface area contributed by atoms with Crippen LogP contribution >= 0.6 is 7.80 Å². The summed E-state index contributed by atoms with van der Waals surface area (Å²) < 4.78 is 11.8. The topological polar surface area (TPSA) is 74.6 Å². The van der Waals surface area contributed by atoms with Gasteiger partial charge in [0, 0.05) is 13.8 Å². The Morgan fingerprint density at radius 2 is 1.89 bits per heavy atom. The molecule has 0 spiro atoms. The second kappa shape index (κ2) is 6.44. The third kappa shape index (κ3) is 4.87. The molecule has 0 aromatic carbocycles. The maximum absolute atomic E-state index is 11.8. The van der Waals surface area contributed by atoms with Crippen LogP contribution in [0.5, 0.6) is 0 Å². The molecular weight excluding hydrogens is 251 g/mol. The highest BCUT2D eigenvalue weighted by Gasteiger charge is 2.38. The summed E-state index contributed by atoms with van der Waals surface area (Å²) in [7, 11) is -1.96. The summed E-state index contributed by atoms with van der Waals surface area (Å²) in [6.45, 7) is 2.90. The van der Waals surface area contributed by atoms with Crippen molar-refractivity contribution in [3.63, 3.8) is 0 Å². The summed E-state index contributed by atoms with van der Waals surface area (Å²) >= 11 is 0. The quantitative estimate of drug-likeness (QED) is 0.596. The molecule has 1 fully saturated rings. The zero-order chi connectivity index (χ0) is 13.8. The van der Waals surface area contributed by atoms with E-state index in [1.807, 2.05) is 0 Å². The number of carbonyl (C=O) groups is 1. The van der Waals surface area contributed by atoms with E-state index in [0.717, 1.165) is 25.7 Å². The molecule has 1 unspecified atom stereocenters. The average molecular weight is 273 g/mol. The molecule has 0 amide bonds. The number of allylic oxidation sites excluding steroid dienone is 1. The van der Waals surface area contributed by atoms with E-state index in [2.05, 4.69) is 0 Å². The van der Waals surface area contributed by atoms with Crippen molar-refractivity contribution in [2.24, 2.45) is 5.92 Å². The molecule has 0 saturated heterocycles. The molecule has 2 N–H and O–H groups in total. The molecule has 5 heteroatoms. The lowest BCUT2D eigenvalue weighted by Gasteiger charge is -2.18. The van der Waals surface area contributed by atoms with Crippen LogP contribution in [0.4, 0.5) is 0 Å². The van der Waals surface area contributed by atoms with Crippen molar-refractivity contribution < 1.29 is 19.6 Å². The molecule has 0 aromatic heterocycles. The normalized spacial score (nSPS) is 19.7. The summed E-state index contributed by atoms with van der Waals surface area (Å²) in [6.07, 6.45) is 7.19. The summed E-state index contributed by atoms with van der Waals surface area (Å²) in [5.41, 5.74) is 0.185. The van der Waals surface area contributed by atoms with E-state index in [1.165, 1.54) is 20.3 Å². The van der Waals surface area contributed by atoms with Crippen LogP contribution in [0.2, 0.25) is 0 Å². The number of hydrogen-bond donors (Lipinski definition) is 2. The van der Waals surface area contributed by atoms with Crippen molar-refractivity contribution >= 4 is 13.8 Å². The first-order chi connectivity index (χ1) is 8.30. The van der Waals surface area contributed by atoms with Crippen molar-refractivity contribution in [3.05, 3.63) is 11.6 Å². The number of aliphatic carboxylic acids is 1. The summed E-state index contributed by atoms with van der Waals surface area (Å²) in [5, 5.41) is 17.4. The minimum Gasteiger partial charge on any atom is -0.478 e. The molecule has 102 valence electrons. The molecule has 18 heavy (non-hydrogen) atoms. The van der Waals surface area contributed by atoms with Gasteiger partial charge in [-0.25, -0.2) is 4.79 Å². The largest absolute Gasteiger partial charge is 0.478 e. The van der Waals surface area contributed by atoms with Crippen LogP contribution in [-0.2, 0) is 9.36 Å². The molecule has 0 heterocycles. The third-order valence-electron chi connectivity index (χ3n) is 3.29. The zero-order valence-corrected chi connectivity index (χ0v) is 11.9. The minimum absolute atomic E-state index is 0.0509. The molecule has 1 aliphatic rings. The van der Waals surface area contributed by atoms with Gasteiger partial charge in [0.05, 0.1) is 5.57 Å². The Hall–Kier alpha value is -0.730. The summed E-state index contributed by atoms with van der Waals surface area (Å²) in [4.78, 5) is 11.2. The van der Waals surface area contributed by atoms with Crippen LogP contribution in [0.15, 0.2) is 11.6 Å². The van der Waals surface area contributed by atoms with E-state index in [9.17, 15) is 14.5 Å². The number of rotatable bonds is 5. The van der Waals surface area contributed by atoms with Crippen LogP contribution in [0.1, 0.15) is 46.0 Å². The first kappa shape index (κ1) is 15.3. The van der Waals surface area contributed by atoms with E-state index in [0.29, 0.717) is 0 Å². The lowest BCUT2D eigenvalue weighted by molar-refractivity contribution is -0.132. The van der Waals surface area contributed by atoms with Gasteiger partial charge in [0.25, 0.3) is 5.34 Å². The van der Waals surface area contributed by atoms with Gasteiger partial charge in [-0.05, 0) is 18.8 Å². The van der Waals surface area contributed by atoms with Crippen molar-refractivity contribution in [3.8, 4) is 0 Å². The Balaban J connectivity index is 2.73. The fourth-order valence-electron chi connectivity index (χ4n) is 2.13. The van der Waals surface area contributed by atoms with Gasteiger partial charge in [0.1, 0.15) is 0 Å². The monoisotopic (exact) mass is 273 g/mol. The van der Waals surface area contributed by atoms with Crippen LogP contribution in [0.3, 0.4) is 0 Å². The van der Waals surface area contributed by atoms with Gasteiger partial charge in [-0.3, -0.25) is 0 Å². The molecule has 0 bridgehead atoms. The number of carboxylic acid groups (broad SMARTS) is 1. The predicted molar refractivity (Wildman–Crippen MR) is 71.1 cm³/mol. The molecule has 0 radical (unpaired) electrons. The highest BCUT2D eigenvalue weighted by molar-refractivity contribution is 7.46. The van der Waals surface area contributed by atoms with Crippen LogP contribution < -0.4 is 0 Å². The Morgan fingerprint density at radius 1 is 1.33 bits per heavy atom. The Morgan fingerprint density at radius 3 is 2.33 bits per heavy atom. The molecule has 1 atom stereocenters. The van der Waals surface area contributed by atoms with E-state index in [-0.39, 0.29) is 17.7 Å². The number of aliphatic hydroxyl groups is 1. The molecule has 0 aliphatic heterocycles. The Labute approximate surface area is 109 Å². The van der Waals surface area contributed by atoms with Crippen molar-refractivity contribution in [2.75, 3.05) is 6.16 Å². The van der Waals surface area contributed by atoms with Gasteiger partial charge in [-0.1, -0.05) is 29.9 Å². The second-order valence-electron chi connectivity index (χ2n) is 5.43. The minimum atomic E-state index is -1.96. The maximum Gasteiger partial charge on any atom is 0.377 e. The van der Waals surface area contributed by atoms with Crippen LogP contribution in [-0.4, -0.2) is 27.7 Å². The van der Waals surface area contributed by atoms with E-state index >= 15 is 0 Å². The highest BCUT2D eigenvalue weighted by Crippen LogP contribution is 2.38. The molecule has 4 nitrogen and oxygen atoms in total. The molecule has 0 aromatic rings. The van der Waals surface area contributed by atoms with E-state index in [1.54, 1.807) is 6.08 Å². The van der Waals surface area contributed by atoms with E-state index in [4.69, 9.17) is 5.11 Å². The third-order valence-corrected chi connectivity index (χ3v) is 5.13. The van der Waals surface area contributed by atoms with Gasteiger partial charge >= 0.3 is 13.8 Å². The number of carboxylic acids is 1. The average Bonchev–Trinajstić information content (AvgIpc) is 2.28. The van der Waals surface area contributed by atoms with Crippen molar-refractivity contribution in [1.29, 1.82) is 0 Å². The van der Waals surface area contributed by atoms with Gasteiger partial charge in [-0.2, -0.15) is 0 Å². The standard InChI is InChI=1S/C13H21O4P/c1-13(2,16)18(17)9-11(12(14)15)8-10-6-4-3-5-7-10/h8,10,16H,3-7,9H2,1-2H3/p+1/b11-8+. The number of hydrogen-bond acceptors (Lipinski definition) is 3. The Bertz CT molecular complexity index is 348. The molecule has 1 rings (SSSR count). The van der Waals surface area contributed by atoms with Crippen molar-refractivity contribution in [2.45, 2.75) is 51.3 Å². The highest BCUT2D eigenvalue weighted by atomic mass is 31.1. The summed E-state index contributed by atoms with van der Waals surface area (Å²) in [6, 6.07) is 0. The lowest BCUT2D eigenvalue weighted by atomic mass is 9.88. The van der Waals surface area contributed by atoms with Gasteiger partial charge in [0.15, 0.2) is 6.16 Å². The maximum atomic E-state index is 11.8. The fourth-order valence-corrected chi connectivity index (χ4v) is 3.06. The van der Waals surface area contributed by atoms with Gasteiger partial charge < -0.3 is 10.2 Å². The smallest absolute Gasteiger partial charge is 0.377 e.